The molecule has 0 fully saturated rings. The zero-order valence-corrected chi connectivity index (χ0v) is 15.6. The molecule has 0 aliphatic rings. The predicted molar refractivity (Wildman–Crippen MR) is 102 cm³/mol. The highest BCUT2D eigenvalue weighted by molar-refractivity contribution is 7.99. The van der Waals surface area contributed by atoms with Gasteiger partial charge in [0.25, 0.3) is 0 Å². The molecule has 0 saturated heterocycles. The number of rotatable bonds is 7. The van der Waals surface area contributed by atoms with Crippen LogP contribution in [0.2, 0.25) is 5.02 Å². The number of nitrogens with zero attached hydrogens (tertiary/aromatic N) is 3. The standard InChI is InChI=1S/C19H14ClN3O3S/c20-14-7-5-13(6-8-14)16(24)12-27-19-22-21-18(17-4-2-10-26-17)23(19)11-15-3-1-9-25-15/h1-10H,11-12H2. The molecule has 0 aliphatic carbocycles. The molecular formula is C19H14ClN3O3S. The van der Waals surface area contributed by atoms with Gasteiger partial charge in [-0.25, -0.2) is 0 Å². The van der Waals surface area contributed by atoms with Crippen LogP contribution >= 0.6 is 23.4 Å². The van der Waals surface area contributed by atoms with E-state index < -0.39 is 0 Å². The second-order valence-electron chi connectivity index (χ2n) is 5.67. The Hall–Kier alpha value is -2.77. The van der Waals surface area contributed by atoms with Gasteiger partial charge in [0.2, 0.25) is 5.82 Å². The van der Waals surface area contributed by atoms with Crippen LogP contribution in [0.3, 0.4) is 0 Å². The maximum atomic E-state index is 12.4. The van der Waals surface area contributed by atoms with Gasteiger partial charge in [-0.05, 0) is 48.5 Å². The van der Waals surface area contributed by atoms with Crippen molar-refractivity contribution in [2.75, 3.05) is 5.75 Å². The number of furan rings is 2. The smallest absolute Gasteiger partial charge is 0.200 e. The number of hydrogen-bond donors (Lipinski definition) is 0. The summed E-state index contributed by atoms with van der Waals surface area (Å²) in [6.45, 7) is 0.438. The Bertz CT molecular complexity index is 1030. The number of thioether (sulfide) groups is 1. The van der Waals surface area contributed by atoms with Crippen LogP contribution in [0, 0.1) is 0 Å². The average Bonchev–Trinajstić information content (AvgIpc) is 3.43. The van der Waals surface area contributed by atoms with Crippen molar-refractivity contribution in [3.63, 3.8) is 0 Å². The van der Waals surface area contributed by atoms with Gasteiger partial charge in [0.1, 0.15) is 5.76 Å². The molecule has 0 aliphatic heterocycles. The first kappa shape index (κ1) is 17.6. The van der Waals surface area contributed by atoms with Crippen LogP contribution in [0.5, 0.6) is 0 Å². The van der Waals surface area contributed by atoms with Gasteiger partial charge < -0.3 is 8.83 Å². The van der Waals surface area contributed by atoms with Gasteiger partial charge in [-0.15, -0.1) is 10.2 Å². The number of halogens is 1. The van der Waals surface area contributed by atoms with Crippen molar-refractivity contribution in [3.05, 3.63) is 77.4 Å². The van der Waals surface area contributed by atoms with Gasteiger partial charge in [0.05, 0.1) is 24.8 Å². The van der Waals surface area contributed by atoms with E-state index in [0.717, 1.165) is 5.76 Å². The van der Waals surface area contributed by atoms with E-state index in [0.29, 0.717) is 33.9 Å². The van der Waals surface area contributed by atoms with Gasteiger partial charge in [-0.3, -0.25) is 9.36 Å². The molecule has 0 amide bonds. The van der Waals surface area contributed by atoms with Crippen molar-refractivity contribution in [3.8, 4) is 11.6 Å². The molecule has 0 atom stereocenters. The molecule has 6 nitrogen and oxygen atoms in total. The number of ketones is 1. The number of hydrogen-bond acceptors (Lipinski definition) is 6. The summed E-state index contributed by atoms with van der Waals surface area (Å²) in [4.78, 5) is 12.4. The van der Waals surface area contributed by atoms with E-state index in [2.05, 4.69) is 10.2 Å². The molecule has 0 N–H and O–H groups in total. The monoisotopic (exact) mass is 399 g/mol. The van der Waals surface area contributed by atoms with Crippen molar-refractivity contribution in [1.29, 1.82) is 0 Å². The quantitative estimate of drug-likeness (QED) is 0.328. The van der Waals surface area contributed by atoms with Crippen LogP contribution in [0.4, 0.5) is 0 Å². The van der Waals surface area contributed by atoms with E-state index in [1.165, 1.54) is 11.8 Å². The van der Waals surface area contributed by atoms with E-state index in [4.69, 9.17) is 20.4 Å². The Labute approximate surface area is 164 Å². The minimum Gasteiger partial charge on any atom is -0.467 e. The topological polar surface area (TPSA) is 74.1 Å². The van der Waals surface area contributed by atoms with Crippen molar-refractivity contribution < 1.29 is 13.6 Å². The Kier molecular flexibility index (Phi) is 5.13. The summed E-state index contributed by atoms with van der Waals surface area (Å²) >= 11 is 7.19. The molecular weight excluding hydrogens is 386 g/mol. The summed E-state index contributed by atoms with van der Waals surface area (Å²) in [7, 11) is 0. The van der Waals surface area contributed by atoms with Gasteiger partial charge >= 0.3 is 0 Å². The van der Waals surface area contributed by atoms with E-state index in [1.807, 2.05) is 22.8 Å². The SMILES string of the molecule is O=C(CSc1nnc(-c2ccco2)n1Cc1ccco1)c1ccc(Cl)cc1. The fraction of sp³-hybridized carbons (Fsp3) is 0.105. The summed E-state index contributed by atoms with van der Waals surface area (Å²) in [5.41, 5.74) is 0.607. The first-order valence-corrected chi connectivity index (χ1v) is 9.48. The Morgan fingerprint density at radius 2 is 1.81 bits per heavy atom. The van der Waals surface area contributed by atoms with Crippen LogP contribution in [-0.2, 0) is 6.54 Å². The third-order valence-corrected chi connectivity index (χ3v) is 5.07. The largest absolute Gasteiger partial charge is 0.467 e. The maximum absolute atomic E-state index is 12.4. The third-order valence-electron chi connectivity index (χ3n) is 3.85. The van der Waals surface area contributed by atoms with Gasteiger partial charge in [0, 0.05) is 10.6 Å². The number of benzene rings is 1. The fourth-order valence-electron chi connectivity index (χ4n) is 2.53. The minimum atomic E-state index is -0.0104. The Morgan fingerprint density at radius 3 is 2.52 bits per heavy atom. The van der Waals surface area contributed by atoms with Crippen molar-refractivity contribution in [1.82, 2.24) is 14.8 Å². The Balaban J connectivity index is 1.56. The molecule has 0 saturated carbocycles. The van der Waals surface area contributed by atoms with Crippen molar-refractivity contribution in [2.24, 2.45) is 0 Å². The molecule has 3 aromatic heterocycles. The summed E-state index contributed by atoms with van der Waals surface area (Å²) in [5.74, 6) is 2.16. The lowest BCUT2D eigenvalue weighted by molar-refractivity contribution is 0.102. The summed E-state index contributed by atoms with van der Waals surface area (Å²) in [5, 5.41) is 9.67. The summed E-state index contributed by atoms with van der Waals surface area (Å²) in [6.07, 6.45) is 3.20. The van der Waals surface area contributed by atoms with Crippen LogP contribution in [0.1, 0.15) is 16.1 Å². The van der Waals surface area contributed by atoms with Crippen LogP contribution in [-0.4, -0.2) is 26.3 Å². The highest BCUT2D eigenvalue weighted by Gasteiger charge is 2.19. The zero-order valence-electron chi connectivity index (χ0n) is 14.0. The Morgan fingerprint density at radius 1 is 1.04 bits per heavy atom. The minimum absolute atomic E-state index is 0.0104. The second kappa shape index (κ2) is 7.85. The van der Waals surface area contributed by atoms with E-state index in [9.17, 15) is 4.79 Å². The second-order valence-corrected chi connectivity index (χ2v) is 7.05. The lowest BCUT2D eigenvalue weighted by atomic mass is 10.1. The molecule has 0 unspecified atom stereocenters. The molecule has 8 heteroatoms. The number of carbonyl (C=O) groups is 1. The third kappa shape index (κ3) is 3.99. The van der Waals surface area contributed by atoms with Crippen LogP contribution in [0.25, 0.3) is 11.6 Å². The molecule has 3 heterocycles. The van der Waals surface area contributed by atoms with E-state index in [1.54, 1.807) is 42.9 Å². The predicted octanol–water partition coefficient (Wildman–Crippen LogP) is 4.81. The molecule has 27 heavy (non-hydrogen) atoms. The summed E-state index contributed by atoms with van der Waals surface area (Å²) < 4.78 is 12.8. The van der Waals surface area contributed by atoms with Gasteiger partial charge in [-0.2, -0.15) is 0 Å². The molecule has 4 rings (SSSR count). The normalized spacial score (nSPS) is 11.0. The number of aromatic nitrogens is 3. The first-order chi connectivity index (χ1) is 13.2. The van der Waals surface area contributed by atoms with E-state index >= 15 is 0 Å². The summed E-state index contributed by atoms with van der Waals surface area (Å²) in [6, 6.07) is 14.1. The van der Waals surface area contributed by atoms with Crippen LogP contribution in [0.15, 0.2) is 75.0 Å². The van der Waals surface area contributed by atoms with Gasteiger partial charge in [0.15, 0.2) is 16.7 Å². The highest BCUT2D eigenvalue weighted by atomic mass is 35.5. The zero-order chi connectivity index (χ0) is 18.6. The van der Waals surface area contributed by atoms with E-state index in [-0.39, 0.29) is 11.5 Å². The van der Waals surface area contributed by atoms with Gasteiger partial charge in [-0.1, -0.05) is 23.4 Å². The number of Topliss-reactive ketones (excluding diaryl/α,β-unsaturated/α-hetero) is 1. The highest BCUT2D eigenvalue weighted by Crippen LogP contribution is 2.26. The lowest BCUT2D eigenvalue weighted by Crippen LogP contribution is -2.06. The molecule has 136 valence electrons. The first-order valence-electron chi connectivity index (χ1n) is 8.12. The number of carbonyl (C=O) groups excluding carboxylic acids is 1. The van der Waals surface area contributed by atoms with Crippen molar-refractivity contribution in [2.45, 2.75) is 11.7 Å². The molecule has 0 bridgehead atoms. The average molecular weight is 400 g/mol. The molecule has 0 radical (unpaired) electrons. The molecule has 0 spiro atoms. The lowest BCUT2D eigenvalue weighted by Gasteiger charge is -2.07. The molecule has 4 aromatic rings. The maximum Gasteiger partial charge on any atom is 0.200 e. The fourth-order valence-corrected chi connectivity index (χ4v) is 3.49. The van der Waals surface area contributed by atoms with Crippen LogP contribution < -0.4 is 0 Å². The molecule has 1 aromatic carbocycles. The van der Waals surface area contributed by atoms with Crippen molar-refractivity contribution >= 4 is 29.1 Å².